The first-order valence-electron chi connectivity index (χ1n) is 22.2. The summed E-state index contributed by atoms with van der Waals surface area (Å²) >= 11 is 0. The Morgan fingerprint density at radius 2 is 0.892 bits per heavy atom. The summed E-state index contributed by atoms with van der Waals surface area (Å²) in [6.45, 7) is 4.71. The minimum Gasteiger partial charge on any atom is -0.455 e. The normalized spacial score (nSPS) is 12.9. The first-order chi connectivity index (χ1) is 32.0. The van der Waals surface area contributed by atoms with Gasteiger partial charge < -0.3 is 8.98 Å². The summed E-state index contributed by atoms with van der Waals surface area (Å²) in [4.78, 5) is 15.0. The Hall–Kier alpha value is -8.41. The fourth-order valence-electron chi connectivity index (χ4n) is 10.3. The van der Waals surface area contributed by atoms with Crippen molar-refractivity contribution < 1.29 is 4.42 Å². The van der Waals surface area contributed by atoms with E-state index in [1.54, 1.807) is 0 Å². The van der Waals surface area contributed by atoms with Crippen molar-refractivity contribution in [3.05, 3.63) is 217 Å². The molecule has 0 saturated heterocycles. The molecule has 0 bridgehead atoms. The summed E-state index contributed by atoms with van der Waals surface area (Å²) in [6, 6.07) is 73.1. The molecular formula is C60H40N4O. The highest BCUT2D eigenvalue weighted by molar-refractivity contribution is 6.14. The lowest BCUT2D eigenvalue weighted by atomic mass is 9.82. The smallest absolute Gasteiger partial charge is 0.167 e. The molecule has 13 rings (SSSR count). The van der Waals surface area contributed by atoms with Crippen LogP contribution in [0.1, 0.15) is 25.0 Å². The Morgan fingerprint density at radius 1 is 0.354 bits per heavy atom. The maximum atomic E-state index is 6.98. The summed E-state index contributed by atoms with van der Waals surface area (Å²) in [5, 5.41) is 4.53. The molecule has 12 aromatic rings. The van der Waals surface area contributed by atoms with Gasteiger partial charge in [-0.3, -0.25) is 0 Å². The van der Waals surface area contributed by atoms with Gasteiger partial charge in [-0.2, -0.15) is 0 Å². The van der Waals surface area contributed by atoms with Crippen LogP contribution in [0.4, 0.5) is 0 Å². The molecule has 0 saturated carbocycles. The van der Waals surface area contributed by atoms with Gasteiger partial charge in [0.05, 0.1) is 16.6 Å². The Labute approximate surface area is 376 Å². The number of benzene rings is 9. The van der Waals surface area contributed by atoms with Gasteiger partial charge in [-0.05, 0) is 87.5 Å². The summed E-state index contributed by atoms with van der Waals surface area (Å²) in [7, 11) is 0. The van der Waals surface area contributed by atoms with Gasteiger partial charge >= 0.3 is 0 Å². The van der Waals surface area contributed by atoms with Crippen LogP contribution < -0.4 is 0 Å². The zero-order valence-electron chi connectivity index (χ0n) is 35.8. The lowest BCUT2D eigenvalue weighted by Crippen LogP contribution is -2.14. The largest absolute Gasteiger partial charge is 0.455 e. The van der Waals surface area contributed by atoms with Crippen molar-refractivity contribution in [1.82, 2.24) is 19.5 Å². The van der Waals surface area contributed by atoms with Crippen LogP contribution in [-0.4, -0.2) is 19.5 Å². The van der Waals surface area contributed by atoms with E-state index in [1.807, 2.05) is 66.7 Å². The van der Waals surface area contributed by atoms with Gasteiger partial charge in [0.15, 0.2) is 17.5 Å². The van der Waals surface area contributed by atoms with Gasteiger partial charge in [0, 0.05) is 49.3 Å². The maximum absolute atomic E-state index is 6.98. The van der Waals surface area contributed by atoms with E-state index < -0.39 is 0 Å². The van der Waals surface area contributed by atoms with Crippen molar-refractivity contribution in [1.29, 1.82) is 0 Å². The molecule has 5 heteroatoms. The lowest BCUT2D eigenvalue weighted by molar-refractivity contribution is 0.661. The van der Waals surface area contributed by atoms with Crippen LogP contribution >= 0.6 is 0 Å². The number of rotatable bonds is 6. The molecule has 3 aromatic heterocycles. The second kappa shape index (κ2) is 14.3. The SMILES string of the molecule is CC1(C)c2ccccc2-c2cc3c4cc(-c5cccc(-c6cccc7c6oc6c(-c8nc(-c9ccccc9)nc(-c9ccccc9)n8)cccc67)c5)ccc4n(-c4ccccc4)c3cc21. The molecule has 0 radical (unpaired) electrons. The van der Waals surface area contributed by atoms with Crippen LogP contribution in [0.2, 0.25) is 0 Å². The molecule has 0 amide bonds. The average molecular weight is 833 g/mol. The van der Waals surface area contributed by atoms with Crippen molar-refractivity contribution in [3.63, 3.8) is 0 Å². The van der Waals surface area contributed by atoms with Gasteiger partial charge in [0.25, 0.3) is 0 Å². The van der Waals surface area contributed by atoms with Gasteiger partial charge in [0.1, 0.15) is 11.2 Å². The van der Waals surface area contributed by atoms with E-state index in [4.69, 9.17) is 19.4 Å². The zero-order chi connectivity index (χ0) is 43.2. The fraction of sp³-hybridized carbons (Fsp3) is 0.0500. The third-order valence-electron chi connectivity index (χ3n) is 13.5. The number of aromatic nitrogens is 4. The van der Waals surface area contributed by atoms with Gasteiger partial charge in [-0.25, -0.2) is 15.0 Å². The Kier molecular flexibility index (Phi) is 8.18. The Balaban J connectivity index is 0.952. The summed E-state index contributed by atoms with van der Waals surface area (Å²) in [6.07, 6.45) is 0. The molecule has 0 N–H and O–H groups in total. The minimum absolute atomic E-state index is 0.0987. The molecule has 0 aliphatic heterocycles. The Bertz CT molecular complexity index is 3790. The number of nitrogens with zero attached hydrogens (tertiary/aromatic N) is 4. The van der Waals surface area contributed by atoms with Gasteiger partial charge in [-0.15, -0.1) is 0 Å². The zero-order valence-corrected chi connectivity index (χ0v) is 35.8. The number of furan rings is 1. The van der Waals surface area contributed by atoms with Crippen LogP contribution in [0, 0.1) is 0 Å². The highest BCUT2D eigenvalue weighted by atomic mass is 16.3. The third-order valence-corrected chi connectivity index (χ3v) is 13.5. The van der Waals surface area contributed by atoms with E-state index in [0.29, 0.717) is 17.5 Å². The van der Waals surface area contributed by atoms with E-state index in [1.165, 1.54) is 44.1 Å². The van der Waals surface area contributed by atoms with Crippen LogP contribution in [-0.2, 0) is 5.41 Å². The van der Waals surface area contributed by atoms with Crippen molar-refractivity contribution >= 4 is 43.7 Å². The highest BCUT2D eigenvalue weighted by Crippen LogP contribution is 2.51. The van der Waals surface area contributed by atoms with E-state index in [9.17, 15) is 0 Å². The van der Waals surface area contributed by atoms with Crippen molar-refractivity contribution in [2.75, 3.05) is 0 Å². The highest BCUT2D eigenvalue weighted by Gasteiger charge is 2.36. The number of para-hydroxylation sites is 3. The second-order valence-corrected chi connectivity index (χ2v) is 17.6. The molecular weight excluding hydrogens is 793 g/mol. The topological polar surface area (TPSA) is 56.7 Å². The minimum atomic E-state index is -0.0987. The summed E-state index contributed by atoms with van der Waals surface area (Å²) < 4.78 is 9.42. The lowest BCUT2D eigenvalue weighted by Gasteiger charge is -2.21. The van der Waals surface area contributed by atoms with Gasteiger partial charge in [0.2, 0.25) is 0 Å². The van der Waals surface area contributed by atoms with Crippen molar-refractivity contribution in [2.24, 2.45) is 0 Å². The molecule has 1 aliphatic rings. The molecule has 0 unspecified atom stereocenters. The predicted octanol–water partition coefficient (Wildman–Crippen LogP) is 15.5. The fourth-order valence-corrected chi connectivity index (χ4v) is 10.3. The summed E-state index contributed by atoms with van der Waals surface area (Å²) in [5.74, 6) is 1.79. The maximum Gasteiger partial charge on any atom is 0.167 e. The van der Waals surface area contributed by atoms with Crippen molar-refractivity contribution in [3.8, 4) is 73.2 Å². The first kappa shape index (κ1) is 37.2. The molecule has 5 nitrogen and oxygen atoms in total. The summed E-state index contributed by atoms with van der Waals surface area (Å²) in [5.41, 5.74) is 17.5. The standard InChI is InChI=1S/C60H40N4O/c1-60(2)51-30-13-12-25-44(51)48-35-50-49-34-40(31-32-53(49)64(54(50)36-52(48)60)42-23-10-5-11-24-42)39-21-14-22-41(33-39)43-26-15-27-45-46-28-16-29-47(56(46)65-55(43)45)59-62-57(37-17-6-3-7-18-37)61-58(63-59)38-19-8-4-9-20-38/h3-36H,1-2H3. The molecule has 9 aromatic carbocycles. The van der Waals surface area contributed by atoms with Crippen LogP contribution in [0.5, 0.6) is 0 Å². The number of hydrogen-bond acceptors (Lipinski definition) is 4. The third kappa shape index (κ3) is 5.82. The van der Waals surface area contributed by atoms with Crippen LogP contribution in [0.3, 0.4) is 0 Å². The quantitative estimate of drug-likeness (QED) is 0.167. The van der Waals surface area contributed by atoms with Crippen molar-refractivity contribution in [2.45, 2.75) is 19.3 Å². The molecule has 65 heavy (non-hydrogen) atoms. The molecule has 306 valence electrons. The molecule has 0 atom stereocenters. The molecule has 1 aliphatic carbocycles. The average Bonchev–Trinajstić information content (AvgIpc) is 3.99. The van der Waals surface area contributed by atoms with E-state index in [2.05, 4.69) is 158 Å². The number of fused-ring (bicyclic) bond motifs is 9. The van der Waals surface area contributed by atoms with Gasteiger partial charge in [-0.1, -0.05) is 172 Å². The van der Waals surface area contributed by atoms with Crippen LogP contribution in [0.15, 0.2) is 211 Å². The molecule has 0 spiro atoms. The van der Waals surface area contributed by atoms with E-state index in [0.717, 1.165) is 66.6 Å². The second-order valence-electron chi connectivity index (χ2n) is 17.6. The van der Waals surface area contributed by atoms with Crippen LogP contribution in [0.25, 0.3) is 117 Å². The number of hydrogen-bond donors (Lipinski definition) is 0. The van der Waals surface area contributed by atoms with E-state index >= 15 is 0 Å². The Morgan fingerprint density at radius 3 is 1.62 bits per heavy atom. The molecule has 3 heterocycles. The molecule has 0 fully saturated rings. The monoisotopic (exact) mass is 832 g/mol. The predicted molar refractivity (Wildman–Crippen MR) is 266 cm³/mol. The first-order valence-corrected chi connectivity index (χ1v) is 22.2. The van der Waals surface area contributed by atoms with E-state index in [-0.39, 0.29) is 5.41 Å².